The zero-order chi connectivity index (χ0) is 20.6. The molecule has 2 aliphatic heterocycles. The molecule has 0 aromatic heterocycles. The second kappa shape index (κ2) is 11.0. The highest BCUT2D eigenvalue weighted by atomic mass is 32.2. The smallest absolute Gasteiger partial charge is 0.236 e. The fourth-order valence-corrected chi connectivity index (χ4v) is 4.96. The molecule has 0 N–H and O–H groups in total. The topological polar surface area (TPSA) is 53.1 Å². The number of benzene rings is 1. The van der Waals surface area contributed by atoms with Crippen LogP contribution in [-0.4, -0.2) is 90.8 Å². The van der Waals surface area contributed by atoms with Gasteiger partial charge in [-0.25, -0.2) is 0 Å². The minimum Gasteiger partial charge on any atom is -0.379 e. The Bertz CT molecular complexity index is 657. The molecule has 1 aromatic carbocycles. The van der Waals surface area contributed by atoms with Crippen LogP contribution in [0, 0.1) is 5.92 Å². The van der Waals surface area contributed by atoms with Crippen molar-refractivity contribution in [3.8, 4) is 0 Å². The van der Waals surface area contributed by atoms with Crippen LogP contribution in [-0.2, 0) is 20.1 Å². The van der Waals surface area contributed by atoms with E-state index in [-0.39, 0.29) is 23.0 Å². The van der Waals surface area contributed by atoms with E-state index in [1.807, 2.05) is 28.0 Å². The maximum atomic E-state index is 13.1. The number of piperazine rings is 1. The maximum Gasteiger partial charge on any atom is 0.236 e. The summed E-state index contributed by atoms with van der Waals surface area (Å²) < 4.78 is 5.34. The van der Waals surface area contributed by atoms with Crippen LogP contribution in [0.3, 0.4) is 0 Å². The Labute approximate surface area is 178 Å². The van der Waals surface area contributed by atoms with Crippen molar-refractivity contribution in [2.24, 2.45) is 5.92 Å². The standard InChI is InChI=1S/C22H33N3O3S/c1-18(2)21(29-17-19-6-4-3-5-7-19)22(27)25-10-8-24(9-11-25)20(26)16-23-12-14-28-15-13-23/h3-7,18,21H,8-17H2,1-2H3. The van der Waals surface area contributed by atoms with Crippen molar-refractivity contribution in [2.45, 2.75) is 24.9 Å². The average Bonchev–Trinajstić information content (AvgIpc) is 2.75. The summed E-state index contributed by atoms with van der Waals surface area (Å²) in [6, 6.07) is 10.3. The first-order valence-corrected chi connectivity index (χ1v) is 11.6. The molecule has 7 heteroatoms. The summed E-state index contributed by atoms with van der Waals surface area (Å²) in [6.07, 6.45) is 0. The maximum absolute atomic E-state index is 13.1. The van der Waals surface area contributed by atoms with Crippen molar-refractivity contribution in [1.29, 1.82) is 0 Å². The first-order chi connectivity index (χ1) is 14.0. The number of amides is 2. The van der Waals surface area contributed by atoms with E-state index in [0.717, 1.165) is 18.8 Å². The van der Waals surface area contributed by atoms with Crippen molar-refractivity contribution in [1.82, 2.24) is 14.7 Å². The van der Waals surface area contributed by atoms with Gasteiger partial charge in [0.1, 0.15) is 0 Å². The van der Waals surface area contributed by atoms with Gasteiger partial charge in [0.15, 0.2) is 0 Å². The van der Waals surface area contributed by atoms with Crippen LogP contribution < -0.4 is 0 Å². The largest absolute Gasteiger partial charge is 0.379 e. The molecule has 2 aliphatic rings. The van der Waals surface area contributed by atoms with Gasteiger partial charge in [0.2, 0.25) is 11.8 Å². The Kier molecular flexibility index (Phi) is 8.39. The molecule has 0 radical (unpaired) electrons. The molecule has 1 aromatic rings. The van der Waals surface area contributed by atoms with Gasteiger partial charge in [0.05, 0.1) is 25.0 Å². The highest BCUT2D eigenvalue weighted by Crippen LogP contribution is 2.26. The number of thioether (sulfide) groups is 1. The van der Waals surface area contributed by atoms with Crippen LogP contribution in [0.15, 0.2) is 30.3 Å². The van der Waals surface area contributed by atoms with Gasteiger partial charge in [-0.15, -0.1) is 11.8 Å². The summed E-state index contributed by atoms with van der Waals surface area (Å²) in [5.41, 5.74) is 1.24. The Hall–Kier alpha value is -1.57. The molecule has 0 aliphatic carbocycles. The zero-order valence-electron chi connectivity index (χ0n) is 17.6. The summed E-state index contributed by atoms with van der Waals surface area (Å²) in [5.74, 6) is 1.49. The van der Waals surface area contributed by atoms with E-state index < -0.39 is 0 Å². The average molecular weight is 420 g/mol. The van der Waals surface area contributed by atoms with Crippen molar-refractivity contribution in [3.05, 3.63) is 35.9 Å². The lowest BCUT2D eigenvalue weighted by molar-refractivity contribution is -0.140. The number of rotatable bonds is 7. The highest BCUT2D eigenvalue weighted by molar-refractivity contribution is 7.99. The van der Waals surface area contributed by atoms with Gasteiger partial charge in [-0.2, -0.15) is 0 Å². The molecule has 29 heavy (non-hydrogen) atoms. The van der Waals surface area contributed by atoms with Gasteiger partial charge in [-0.05, 0) is 11.5 Å². The number of nitrogens with zero attached hydrogens (tertiary/aromatic N) is 3. The van der Waals surface area contributed by atoms with Crippen molar-refractivity contribution in [2.75, 3.05) is 59.0 Å². The van der Waals surface area contributed by atoms with Crippen LogP contribution in [0.1, 0.15) is 19.4 Å². The van der Waals surface area contributed by atoms with E-state index in [9.17, 15) is 9.59 Å². The lowest BCUT2D eigenvalue weighted by Crippen LogP contribution is -2.55. The molecule has 160 valence electrons. The number of hydrogen-bond donors (Lipinski definition) is 0. The number of carbonyl (C=O) groups is 2. The third-order valence-corrected chi connectivity index (χ3v) is 7.13. The quantitative estimate of drug-likeness (QED) is 0.676. The summed E-state index contributed by atoms with van der Waals surface area (Å²) >= 11 is 1.72. The molecule has 1 atom stereocenters. The van der Waals surface area contributed by atoms with E-state index in [1.54, 1.807) is 11.8 Å². The predicted octanol–water partition coefficient (Wildman–Crippen LogP) is 1.95. The van der Waals surface area contributed by atoms with Gasteiger partial charge in [0.25, 0.3) is 0 Å². The fourth-order valence-electron chi connectivity index (χ4n) is 3.72. The normalized spacial score (nSPS) is 19.4. The molecule has 0 saturated carbocycles. The molecule has 3 rings (SSSR count). The molecule has 2 amide bonds. The molecule has 0 spiro atoms. The van der Waals surface area contributed by atoms with Crippen LogP contribution in [0.25, 0.3) is 0 Å². The van der Waals surface area contributed by atoms with E-state index in [4.69, 9.17) is 4.74 Å². The molecule has 0 bridgehead atoms. The third kappa shape index (κ3) is 6.46. The number of hydrogen-bond acceptors (Lipinski definition) is 5. The van der Waals surface area contributed by atoms with Crippen molar-refractivity contribution in [3.63, 3.8) is 0 Å². The van der Waals surface area contributed by atoms with E-state index in [1.165, 1.54) is 5.56 Å². The van der Waals surface area contributed by atoms with Gasteiger partial charge in [-0.1, -0.05) is 44.2 Å². The third-order valence-electron chi connectivity index (χ3n) is 5.53. The molecular formula is C22H33N3O3S. The van der Waals surface area contributed by atoms with Crippen molar-refractivity contribution >= 4 is 23.6 Å². The molecule has 2 heterocycles. The SMILES string of the molecule is CC(C)C(SCc1ccccc1)C(=O)N1CCN(C(=O)CN2CCOCC2)CC1. The molecule has 2 saturated heterocycles. The number of carbonyl (C=O) groups excluding carboxylic acids is 2. The lowest BCUT2D eigenvalue weighted by Gasteiger charge is -2.38. The van der Waals surface area contributed by atoms with E-state index >= 15 is 0 Å². The Morgan fingerprint density at radius 1 is 0.966 bits per heavy atom. The van der Waals surface area contributed by atoms with Gasteiger partial charge in [0, 0.05) is 45.0 Å². The fraction of sp³-hybridized carbons (Fsp3) is 0.636. The zero-order valence-corrected chi connectivity index (χ0v) is 18.4. The molecular weight excluding hydrogens is 386 g/mol. The second-order valence-electron chi connectivity index (χ2n) is 8.06. The summed E-state index contributed by atoms with van der Waals surface area (Å²) in [6.45, 7) is 10.2. The van der Waals surface area contributed by atoms with Crippen LogP contribution in [0.5, 0.6) is 0 Å². The minimum atomic E-state index is -0.0502. The van der Waals surface area contributed by atoms with Crippen LogP contribution in [0.4, 0.5) is 0 Å². The van der Waals surface area contributed by atoms with E-state index in [0.29, 0.717) is 45.9 Å². The molecule has 1 unspecified atom stereocenters. The van der Waals surface area contributed by atoms with Gasteiger partial charge >= 0.3 is 0 Å². The first-order valence-electron chi connectivity index (χ1n) is 10.6. The van der Waals surface area contributed by atoms with Gasteiger partial charge < -0.3 is 14.5 Å². The van der Waals surface area contributed by atoms with Crippen molar-refractivity contribution < 1.29 is 14.3 Å². The Balaban J connectivity index is 1.47. The second-order valence-corrected chi connectivity index (χ2v) is 9.19. The Morgan fingerprint density at radius 2 is 1.59 bits per heavy atom. The van der Waals surface area contributed by atoms with Crippen LogP contribution >= 0.6 is 11.8 Å². The number of morpholine rings is 1. The minimum absolute atomic E-state index is 0.0502. The first kappa shape index (κ1) is 22.1. The molecule has 2 fully saturated rings. The summed E-state index contributed by atoms with van der Waals surface area (Å²) in [7, 11) is 0. The molecule has 6 nitrogen and oxygen atoms in total. The van der Waals surface area contributed by atoms with Gasteiger partial charge in [-0.3, -0.25) is 14.5 Å². The van der Waals surface area contributed by atoms with E-state index in [2.05, 4.69) is 30.9 Å². The monoisotopic (exact) mass is 419 g/mol. The summed E-state index contributed by atoms with van der Waals surface area (Å²) in [5, 5.41) is -0.0502. The van der Waals surface area contributed by atoms with Crippen LogP contribution in [0.2, 0.25) is 0 Å². The number of ether oxygens (including phenoxy) is 1. The predicted molar refractivity (Wildman–Crippen MR) is 117 cm³/mol. The Morgan fingerprint density at radius 3 is 2.21 bits per heavy atom. The lowest BCUT2D eigenvalue weighted by atomic mass is 10.1. The highest BCUT2D eigenvalue weighted by Gasteiger charge is 2.31. The summed E-state index contributed by atoms with van der Waals surface area (Å²) in [4.78, 5) is 31.7.